The third-order valence-electron chi connectivity index (χ3n) is 2.66. The number of rotatable bonds is 5. The summed E-state index contributed by atoms with van der Waals surface area (Å²) in [6.45, 7) is 2.36. The molecule has 0 aliphatic rings. The summed E-state index contributed by atoms with van der Waals surface area (Å²) in [5.74, 6) is -0.238. The van der Waals surface area contributed by atoms with E-state index in [4.69, 9.17) is 17.3 Å². The minimum absolute atomic E-state index is 0.0628. The molecule has 0 aliphatic carbocycles. The molecule has 1 aromatic rings. The van der Waals surface area contributed by atoms with Gasteiger partial charge in [-0.05, 0) is 24.6 Å². The van der Waals surface area contributed by atoms with Gasteiger partial charge in [0.15, 0.2) is 0 Å². The molecule has 0 fully saturated rings. The Labute approximate surface area is 114 Å². The van der Waals surface area contributed by atoms with Crippen molar-refractivity contribution in [2.45, 2.75) is 18.6 Å². The Morgan fingerprint density at radius 3 is 2.78 bits per heavy atom. The van der Waals surface area contributed by atoms with Gasteiger partial charge in [-0.1, -0.05) is 18.5 Å². The number of amides is 1. The third-order valence-corrected chi connectivity index (χ3v) is 4.27. The fourth-order valence-corrected chi connectivity index (χ4v) is 2.02. The zero-order valence-corrected chi connectivity index (χ0v) is 12.0. The van der Waals surface area contributed by atoms with Crippen molar-refractivity contribution >= 4 is 34.0 Å². The number of anilines is 1. The third kappa shape index (κ3) is 4.31. The van der Waals surface area contributed by atoms with E-state index in [1.807, 2.05) is 6.92 Å². The van der Waals surface area contributed by atoms with E-state index in [0.717, 1.165) is 0 Å². The van der Waals surface area contributed by atoms with E-state index in [1.165, 1.54) is 0 Å². The quantitative estimate of drug-likeness (QED) is 0.812. The number of nitrogen functional groups attached to an aromatic ring is 1. The molecule has 18 heavy (non-hydrogen) atoms. The second-order valence-electron chi connectivity index (χ2n) is 4.09. The van der Waals surface area contributed by atoms with Crippen molar-refractivity contribution in [2.75, 3.05) is 18.5 Å². The number of benzene rings is 1. The fraction of sp³-hybridized carbons (Fsp3) is 0.417. The van der Waals surface area contributed by atoms with Crippen LogP contribution in [0.1, 0.15) is 23.7 Å². The van der Waals surface area contributed by atoms with E-state index in [-0.39, 0.29) is 11.2 Å². The van der Waals surface area contributed by atoms with Gasteiger partial charge in [0, 0.05) is 39.6 Å². The van der Waals surface area contributed by atoms with Crippen molar-refractivity contribution in [1.29, 1.82) is 0 Å². The average Bonchev–Trinajstić information content (AvgIpc) is 2.28. The minimum atomic E-state index is -0.870. The van der Waals surface area contributed by atoms with Crippen LogP contribution in [0.4, 0.5) is 5.69 Å². The average molecular weight is 289 g/mol. The second kappa shape index (κ2) is 6.75. The summed E-state index contributed by atoms with van der Waals surface area (Å²) in [6.07, 6.45) is 2.33. The van der Waals surface area contributed by atoms with Gasteiger partial charge in [-0.3, -0.25) is 9.00 Å². The van der Waals surface area contributed by atoms with E-state index >= 15 is 0 Å². The van der Waals surface area contributed by atoms with Crippen molar-refractivity contribution in [3.05, 3.63) is 28.8 Å². The Balaban J connectivity index is 2.53. The number of carbonyl (C=O) groups excluding carboxylic acids is 1. The van der Waals surface area contributed by atoms with Crippen LogP contribution in [0.3, 0.4) is 0 Å². The van der Waals surface area contributed by atoms with Gasteiger partial charge < -0.3 is 11.1 Å². The van der Waals surface area contributed by atoms with E-state index in [9.17, 15) is 9.00 Å². The molecule has 4 nitrogen and oxygen atoms in total. The molecular weight excluding hydrogens is 272 g/mol. The minimum Gasteiger partial charge on any atom is -0.398 e. The summed E-state index contributed by atoms with van der Waals surface area (Å²) >= 11 is 5.76. The summed E-state index contributed by atoms with van der Waals surface area (Å²) < 4.78 is 11.1. The van der Waals surface area contributed by atoms with Crippen molar-refractivity contribution in [1.82, 2.24) is 5.32 Å². The van der Waals surface area contributed by atoms with Gasteiger partial charge in [0.2, 0.25) is 0 Å². The van der Waals surface area contributed by atoms with Crippen LogP contribution in [0.15, 0.2) is 18.2 Å². The van der Waals surface area contributed by atoms with Crippen LogP contribution in [-0.4, -0.2) is 28.2 Å². The number of nitrogens with one attached hydrogen (secondary N) is 1. The molecule has 100 valence electrons. The fourth-order valence-electron chi connectivity index (χ4n) is 1.39. The highest BCUT2D eigenvalue weighted by Crippen LogP contribution is 2.17. The standard InChI is InChI=1S/C12H17ClN2O2S/c1-8(18(2)17)5-6-15-12(16)10-4-3-9(13)7-11(10)14/h3-4,7-8H,5-6,14H2,1-2H3,(H,15,16). The lowest BCUT2D eigenvalue weighted by atomic mass is 10.1. The second-order valence-corrected chi connectivity index (χ2v) is 6.32. The van der Waals surface area contributed by atoms with E-state index in [2.05, 4.69) is 5.32 Å². The molecule has 6 heteroatoms. The van der Waals surface area contributed by atoms with Gasteiger partial charge in [-0.15, -0.1) is 0 Å². The Morgan fingerprint density at radius 2 is 2.22 bits per heavy atom. The predicted molar refractivity (Wildman–Crippen MR) is 76.3 cm³/mol. The number of hydrogen-bond donors (Lipinski definition) is 2. The molecule has 0 aromatic heterocycles. The largest absolute Gasteiger partial charge is 0.398 e. The lowest BCUT2D eigenvalue weighted by Gasteiger charge is -2.10. The molecule has 3 N–H and O–H groups in total. The highest BCUT2D eigenvalue weighted by Gasteiger charge is 2.11. The Morgan fingerprint density at radius 1 is 1.56 bits per heavy atom. The van der Waals surface area contributed by atoms with Gasteiger partial charge in [-0.25, -0.2) is 0 Å². The van der Waals surface area contributed by atoms with Crippen LogP contribution in [0.25, 0.3) is 0 Å². The maximum atomic E-state index is 11.8. The monoisotopic (exact) mass is 288 g/mol. The Bertz CT molecular complexity index is 465. The molecule has 0 aliphatic heterocycles. The number of hydrogen-bond acceptors (Lipinski definition) is 3. The highest BCUT2D eigenvalue weighted by atomic mass is 35.5. The van der Waals surface area contributed by atoms with Crippen LogP contribution in [0.5, 0.6) is 0 Å². The number of carbonyl (C=O) groups is 1. The molecule has 1 rings (SSSR count). The van der Waals surface area contributed by atoms with Crippen molar-refractivity contribution in [3.8, 4) is 0 Å². The lowest BCUT2D eigenvalue weighted by Crippen LogP contribution is -2.28. The van der Waals surface area contributed by atoms with Gasteiger partial charge in [0.25, 0.3) is 5.91 Å². The van der Waals surface area contributed by atoms with Gasteiger partial charge >= 0.3 is 0 Å². The maximum Gasteiger partial charge on any atom is 0.253 e. The van der Waals surface area contributed by atoms with Gasteiger partial charge in [-0.2, -0.15) is 0 Å². The number of halogens is 1. The van der Waals surface area contributed by atoms with Crippen LogP contribution in [0.2, 0.25) is 5.02 Å². The molecule has 2 atom stereocenters. The molecule has 0 heterocycles. The zero-order valence-electron chi connectivity index (χ0n) is 10.4. The topological polar surface area (TPSA) is 72.2 Å². The van der Waals surface area contributed by atoms with Crippen LogP contribution in [0, 0.1) is 0 Å². The summed E-state index contributed by atoms with van der Waals surface area (Å²) in [5, 5.41) is 3.31. The Kier molecular flexibility index (Phi) is 5.62. The van der Waals surface area contributed by atoms with Gasteiger partial charge in [0.1, 0.15) is 0 Å². The molecule has 1 amide bonds. The van der Waals surface area contributed by atoms with E-state index in [1.54, 1.807) is 24.5 Å². The zero-order chi connectivity index (χ0) is 13.7. The van der Waals surface area contributed by atoms with Crippen LogP contribution < -0.4 is 11.1 Å². The normalized spacial score (nSPS) is 13.9. The van der Waals surface area contributed by atoms with Gasteiger partial charge in [0.05, 0.1) is 5.56 Å². The molecule has 0 saturated heterocycles. The van der Waals surface area contributed by atoms with Crippen molar-refractivity contribution in [3.63, 3.8) is 0 Å². The molecule has 0 saturated carbocycles. The van der Waals surface area contributed by atoms with Crippen LogP contribution in [-0.2, 0) is 10.8 Å². The predicted octanol–water partition coefficient (Wildman–Crippen LogP) is 1.81. The van der Waals surface area contributed by atoms with Crippen molar-refractivity contribution < 1.29 is 9.00 Å². The Hall–Kier alpha value is -1.07. The lowest BCUT2D eigenvalue weighted by molar-refractivity contribution is 0.0954. The van der Waals surface area contributed by atoms with E-state index < -0.39 is 10.8 Å². The number of nitrogens with two attached hydrogens (primary N) is 1. The summed E-state index contributed by atoms with van der Waals surface area (Å²) in [5.41, 5.74) is 6.47. The summed E-state index contributed by atoms with van der Waals surface area (Å²) in [7, 11) is -0.870. The summed E-state index contributed by atoms with van der Waals surface area (Å²) in [4.78, 5) is 11.8. The first-order valence-electron chi connectivity index (χ1n) is 5.57. The van der Waals surface area contributed by atoms with Crippen LogP contribution >= 0.6 is 11.6 Å². The SMILES string of the molecule is CC(CCNC(=O)c1ccc(Cl)cc1N)S(C)=O. The molecule has 1 aromatic carbocycles. The smallest absolute Gasteiger partial charge is 0.253 e. The highest BCUT2D eigenvalue weighted by molar-refractivity contribution is 7.84. The summed E-state index contributed by atoms with van der Waals surface area (Å²) in [6, 6.07) is 4.76. The van der Waals surface area contributed by atoms with Crippen molar-refractivity contribution in [2.24, 2.45) is 0 Å². The first-order chi connectivity index (χ1) is 8.41. The molecule has 0 spiro atoms. The maximum absolute atomic E-state index is 11.8. The molecule has 0 radical (unpaired) electrons. The van der Waals surface area contributed by atoms with E-state index in [0.29, 0.717) is 29.2 Å². The molecule has 2 unspecified atom stereocenters. The first-order valence-corrected chi connectivity index (χ1v) is 7.57. The molecular formula is C12H17ClN2O2S. The first kappa shape index (κ1) is 15.0. The molecule has 0 bridgehead atoms.